The summed E-state index contributed by atoms with van der Waals surface area (Å²) >= 11 is 0. The molecule has 0 aromatic heterocycles. The average Bonchev–Trinajstić information content (AvgIpc) is 3.22. The number of aryl methyl sites for hydroxylation is 1. The Bertz CT molecular complexity index is 482. The molecule has 0 bridgehead atoms. The Balaban J connectivity index is 2.12. The molecule has 0 spiro atoms. The first-order chi connectivity index (χ1) is 9.01. The molecule has 4 heteroatoms. The summed E-state index contributed by atoms with van der Waals surface area (Å²) in [7, 11) is 3.23. The first-order valence-corrected chi connectivity index (χ1v) is 6.52. The third-order valence-electron chi connectivity index (χ3n) is 3.88. The van der Waals surface area contributed by atoms with E-state index in [4.69, 9.17) is 9.47 Å². The minimum atomic E-state index is -0.728. The van der Waals surface area contributed by atoms with E-state index < -0.39 is 5.60 Å². The molecule has 1 fully saturated rings. The summed E-state index contributed by atoms with van der Waals surface area (Å²) in [4.78, 5) is 12.3. The zero-order valence-electron chi connectivity index (χ0n) is 11.9. The van der Waals surface area contributed by atoms with Crippen molar-refractivity contribution in [2.75, 3.05) is 19.5 Å². The van der Waals surface area contributed by atoms with Crippen molar-refractivity contribution in [3.63, 3.8) is 0 Å². The quantitative estimate of drug-likeness (QED) is 0.888. The standard InChI is InChI=1S/C15H21NO3/c1-10-9-12(7-8-13(10)18-3)16-14(17)15(2,19-4)11-5-6-11/h7-9,11H,5-6H2,1-4H3,(H,16,17)/t15-/m1/s1. The van der Waals surface area contributed by atoms with Crippen LogP contribution in [0.3, 0.4) is 0 Å². The molecule has 0 saturated heterocycles. The Morgan fingerprint density at radius 1 is 1.37 bits per heavy atom. The van der Waals surface area contributed by atoms with Gasteiger partial charge in [0.2, 0.25) is 0 Å². The van der Waals surface area contributed by atoms with Crippen molar-refractivity contribution in [1.82, 2.24) is 0 Å². The van der Waals surface area contributed by atoms with E-state index in [1.54, 1.807) is 14.2 Å². The van der Waals surface area contributed by atoms with E-state index in [1.165, 1.54) is 0 Å². The van der Waals surface area contributed by atoms with Crippen molar-refractivity contribution >= 4 is 11.6 Å². The minimum Gasteiger partial charge on any atom is -0.496 e. The first kappa shape index (κ1) is 13.9. The van der Waals surface area contributed by atoms with Crippen LogP contribution in [0, 0.1) is 12.8 Å². The number of methoxy groups -OCH3 is 2. The summed E-state index contributed by atoms with van der Waals surface area (Å²) in [6.07, 6.45) is 2.11. The largest absolute Gasteiger partial charge is 0.496 e. The van der Waals surface area contributed by atoms with Gasteiger partial charge in [-0.05, 0) is 56.4 Å². The lowest BCUT2D eigenvalue weighted by molar-refractivity contribution is -0.138. The number of hydrogen-bond acceptors (Lipinski definition) is 3. The van der Waals surface area contributed by atoms with Gasteiger partial charge in [-0.15, -0.1) is 0 Å². The van der Waals surface area contributed by atoms with Gasteiger partial charge in [0.15, 0.2) is 0 Å². The topological polar surface area (TPSA) is 47.6 Å². The molecule has 1 aromatic rings. The molecule has 0 aliphatic heterocycles. The molecule has 1 aromatic carbocycles. The Morgan fingerprint density at radius 3 is 2.53 bits per heavy atom. The smallest absolute Gasteiger partial charge is 0.256 e. The highest BCUT2D eigenvalue weighted by Gasteiger charge is 2.47. The van der Waals surface area contributed by atoms with Crippen molar-refractivity contribution < 1.29 is 14.3 Å². The number of carbonyl (C=O) groups excluding carboxylic acids is 1. The second-order valence-electron chi connectivity index (χ2n) is 5.22. The number of benzene rings is 1. The fourth-order valence-corrected chi connectivity index (χ4v) is 2.29. The van der Waals surface area contributed by atoms with Gasteiger partial charge in [0, 0.05) is 12.8 Å². The van der Waals surface area contributed by atoms with Gasteiger partial charge in [-0.3, -0.25) is 4.79 Å². The summed E-state index contributed by atoms with van der Waals surface area (Å²) < 4.78 is 10.6. The van der Waals surface area contributed by atoms with Crippen LogP contribution in [-0.2, 0) is 9.53 Å². The monoisotopic (exact) mass is 263 g/mol. The fourth-order valence-electron chi connectivity index (χ4n) is 2.29. The molecule has 1 saturated carbocycles. The van der Waals surface area contributed by atoms with E-state index in [-0.39, 0.29) is 5.91 Å². The van der Waals surface area contributed by atoms with Gasteiger partial charge < -0.3 is 14.8 Å². The predicted molar refractivity (Wildman–Crippen MR) is 74.5 cm³/mol. The third kappa shape index (κ3) is 2.73. The highest BCUT2D eigenvalue weighted by molar-refractivity contribution is 5.97. The molecule has 1 atom stereocenters. The van der Waals surface area contributed by atoms with Gasteiger partial charge in [-0.1, -0.05) is 0 Å². The zero-order chi connectivity index (χ0) is 14.0. The van der Waals surface area contributed by atoms with Crippen molar-refractivity contribution in [2.24, 2.45) is 5.92 Å². The van der Waals surface area contributed by atoms with Gasteiger partial charge in [-0.2, -0.15) is 0 Å². The maximum atomic E-state index is 12.3. The molecule has 104 valence electrons. The molecule has 1 N–H and O–H groups in total. The van der Waals surface area contributed by atoms with Crippen molar-refractivity contribution in [1.29, 1.82) is 0 Å². The van der Waals surface area contributed by atoms with Gasteiger partial charge in [0.05, 0.1) is 7.11 Å². The SMILES string of the molecule is COc1ccc(NC(=O)[C@](C)(OC)C2CC2)cc1C. The molecule has 0 heterocycles. The maximum Gasteiger partial charge on any atom is 0.256 e. The molecule has 1 aliphatic rings. The molecule has 1 aliphatic carbocycles. The van der Waals surface area contributed by atoms with Crippen molar-refractivity contribution in [3.8, 4) is 5.75 Å². The third-order valence-corrected chi connectivity index (χ3v) is 3.88. The summed E-state index contributed by atoms with van der Waals surface area (Å²) in [6, 6.07) is 5.60. The van der Waals surface area contributed by atoms with Crippen LogP contribution in [0.2, 0.25) is 0 Å². The molecule has 0 unspecified atom stereocenters. The average molecular weight is 263 g/mol. The van der Waals surface area contributed by atoms with Crippen LogP contribution in [0.15, 0.2) is 18.2 Å². The Labute approximate surface area is 114 Å². The van der Waals surface area contributed by atoms with Crippen LogP contribution in [-0.4, -0.2) is 25.7 Å². The number of anilines is 1. The summed E-state index contributed by atoms with van der Waals surface area (Å²) in [5.74, 6) is 1.06. The number of amides is 1. The normalized spacial score (nSPS) is 17.7. The van der Waals surface area contributed by atoms with E-state index in [0.29, 0.717) is 5.92 Å². The number of ether oxygens (including phenoxy) is 2. The van der Waals surface area contributed by atoms with Gasteiger partial charge in [0.1, 0.15) is 11.4 Å². The van der Waals surface area contributed by atoms with Crippen molar-refractivity contribution in [2.45, 2.75) is 32.3 Å². The van der Waals surface area contributed by atoms with Gasteiger partial charge in [0.25, 0.3) is 5.91 Å². The summed E-state index contributed by atoms with van der Waals surface area (Å²) in [6.45, 7) is 3.81. The molecule has 19 heavy (non-hydrogen) atoms. The number of nitrogens with one attached hydrogen (secondary N) is 1. The molecular weight excluding hydrogens is 242 g/mol. The van der Waals surface area contributed by atoms with Gasteiger partial charge in [-0.25, -0.2) is 0 Å². The van der Waals surface area contributed by atoms with Crippen LogP contribution in [0.25, 0.3) is 0 Å². The molecule has 4 nitrogen and oxygen atoms in total. The van der Waals surface area contributed by atoms with Gasteiger partial charge >= 0.3 is 0 Å². The lowest BCUT2D eigenvalue weighted by Crippen LogP contribution is -2.44. The van der Waals surface area contributed by atoms with E-state index in [0.717, 1.165) is 29.8 Å². The van der Waals surface area contributed by atoms with E-state index in [9.17, 15) is 4.79 Å². The second kappa shape index (κ2) is 5.21. The van der Waals surface area contributed by atoms with E-state index >= 15 is 0 Å². The van der Waals surface area contributed by atoms with Crippen LogP contribution in [0.5, 0.6) is 5.75 Å². The molecular formula is C15H21NO3. The number of carbonyl (C=O) groups is 1. The van der Waals surface area contributed by atoms with Crippen molar-refractivity contribution in [3.05, 3.63) is 23.8 Å². The summed E-state index contributed by atoms with van der Waals surface area (Å²) in [5.41, 5.74) is 1.03. The van der Waals surface area contributed by atoms with E-state index in [2.05, 4.69) is 5.32 Å². The Morgan fingerprint density at radius 2 is 2.05 bits per heavy atom. The van der Waals surface area contributed by atoms with Crippen LogP contribution >= 0.6 is 0 Å². The zero-order valence-corrected chi connectivity index (χ0v) is 11.9. The molecule has 2 rings (SSSR count). The Kier molecular flexibility index (Phi) is 3.80. The minimum absolute atomic E-state index is 0.0814. The van der Waals surface area contributed by atoms with Crippen LogP contribution < -0.4 is 10.1 Å². The lowest BCUT2D eigenvalue weighted by Gasteiger charge is -2.26. The second-order valence-corrected chi connectivity index (χ2v) is 5.22. The van der Waals surface area contributed by atoms with Crippen LogP contribution in [0.1, 0.15) is 25.3 Å². The van der Waals surface area contributed by atoms with Crippen LogP contribution in [0.4, 0.5) is 5.69 Å². The maximum absolute atomic E-state index is 12.3. The fraction of sp³-hybridized carbons (Fsp3) is 0.533. The number of rotatable bonds is 5. The first-order valence-electron chi connectivity index (χ1n) is 6.52. The number of hydrogen-bond donors (Lipinski definition) is 1. The highest BCUT2D eigenvalue weighted by atomic mass is 16.5. The Hall–Kier alpha value is -1.55. The summed E-state index contributed by atoms with van der Waals surface area (Å²) in [5, 5.41) is 2.93. The predicted octanol–water partition coefficient (Wildman–Crippen LogP) is 2.76. The highest BCUT2D eigenvalue weighted by Crippen LogP contribution is 2.42. The molecule has 1 amide bonds. The lowest BCUT2D eigenvalue weighted by atomic mass is 9.99. The molecule has 0 radical (unpaired) electrons. The van der Waals surface area contributed by atoms with E-state index in [1.807, 2.05) is 32.0 Å².